The monoisotopic (exact) mass is 193 g/mol. The van der Waals surface area contributed by atoms with E-state index in [0.717, 1.165) is 0 Å². The Morgan fingerprint density at radius 2 is 1.62 bits per heavy atom. The van der Waals surface area contributed by atoms with Gasteiger partial charge in [0.2, 0.25) is 0 Å². The number of alkyl halides is 1. The zero-order valence-corrected chi connectivity index (χ0v) is 6.58. The van der Waals surface area contributed by atoms with E-state index < -0.39 is 24.1 Å². The minimum Gasteiger partial charge on any atom is -0.380 e. The van der Waals surface area contributed by atoms with Crippen LogP contribution in [0.3, 0.4) is 0 Å². The van der Waals surface area contributed by atoms with Crippen LogP contribution in [0.2, 0.25) is 0 Å². The average Bonchev–Trinajstić information content (AvgIpc) is 2.09. The van der Waals surface area contributed by atoms with Crippen molar-refractivity contribution in [3.63, 3.8) is 0 Å². The van der Waals surface area contributed by atoms with E-state index in [2.05, 4.69) is 5.32 Å². The molecular weight excluding hydrogens is 186 g/mol. The molecule has 13 heavy (non-hydrogen) atoms. The molecule has 0 unspecified atom stereocenters. The van der Waals surface area contributed by atoms with Crippen LogP contribution >= 0.6 is 0 Å². The van der Waals surface area contributed by atoms with Crippen molar-refractivity contribution in [1.29, 1.82) is 0 Å². The van der Waals surface area contributed by atoms with Gasteiger partial charge in [-0.25, -0.2) is 17.6 Å². The highest BCUT2D eigenvalue weighted by Gasteiger charge is 2.08. The fourth-order valence-electron chi connectivity index (χ4n) is 0.840. The molecule has 0 aliphatic rings. The Labute approximate surface area is 72.4 Å². The van der Waals surface area contributed by atoms with Crippen LogP contribution < -0.4 is 5.32 Å². The number of rotatable bonds is 3. The molecule has 1 nitrogen and oxygen atoms in total. The van der Waals surface area contributed by atoms with Gasteiger partial charge in [-0.1, -0.05) is 0 Å². The zero-order valence-electron chi connectivity index (χ0n) is 6.58. The van der Waals surface area contributed by atoms with E-state index in [0.29, 0.717) is 12.1 Å². The molecule has 5 heteroatoms. The zero-order chi connectivity index (χ0) is 9.84. The Balaban J connectivity index is 2.88. The van der Waals surface area contributed by atoms with Gasteiger partial charge in [-0.05, 0) is 0 Å². The predicted molar refractivity (Wildman–Crippen MR) is 40.8 cm³/mol. The summed E-state index contributed by atoms with van der Waals surface area (Å²) < 4.78 is 49.3. The van der Waals surface area contributed by atoms with E-state index in [1.54, 1.807) is 0 Å². The summed E-state index contributed by atoms with van der Waals surface area (Å²) in [5, 5.41) is 2.27. The number of halogens is 4. The molecule has 1 aromatic rings. The van der Waals surface area contributed by atoms with Gasteiger partial charge in [0.15, 0.2) is 11.6 Å². The van der Waals surface area contributed by atoms with Crippen molar-refractivity contribution in [3.05, 3.63) is 29.6 Å². The Morgan fingerprint density at radius 1 is 1.00 bits per heavy atom. The van der Waals surface area contributed by atoms with E-state index in [-0.39, 0.29) is 12.2 Å². The Morgan fingerprint density at radius 3 is 2.23 bits per heavy atom. The molecule has 0 aliphatic carbocycles. The van der Waals surface area contributed by atoms with Crippen LogP contribution in [-0.4, -0.2) is 13.2 Å². The van der Waals surface area contributed by atoms with Crippen molar-refractivity contribution in [1.82, 2.24) is 0 Å². The second-order valence-electron chi connectivity index (χ2n) is 2.36. The second kappa shape index (κ2) is 4.11. The Bertz CT molecular complexity index is 300. The Kier molecular flexibility index (Phi) is 3.11. The van der Waals surface area contributed by atoms with Crippen molar-refractivity contribution in [2.75, 3.05) is 18.5 Å². The summed E-state index contributed by atoms with van der Waals surface area (Å²) in [7, 11) is 0. The van der Waals surface area contributed by atoms with Crippen LogP contribution in [0.4, 0.5) is 23.2 Å². The van der Waals surface area contributed by atoms with E-state index >= 15 is 0 Å². The lowest BCUT2D eigenvalue weighted by atomic mass is 10.3. The number of anilines is 1. The van der Waals surface area contributed by atoms with Crippen LogP contribution in [0.5, 0.6) is 0 Å². The van der Waals surface area contributed by atoms with Gasteiger partial charge in [0.1, 0.15) is 12.5 Å². The minimum absolute atomic E-state index is 0.137. The number of nitrogens with one attached hydrogen (secondary N) is 1. The molecule has 0 amide bonds. The maximum atomic E-state index is 12.8. The van der Waals surface area contributed by atoms with E-state index in [1.807, 2.05) is 0 Å². The summed E-state index contributed by atoms with van der Waals surface area (Å²) in [4.78, 5) is 0. The molecule has 0 aliphatic heterocycles. The third kappa shape index (κ3) is 2.34. The third-order valence-electron chi connectivity index (χ3n) is 1.42. The molecule has 0 heterocycles. The maximum absolute atomic E-state index is 12.8. The highest BCUT2D eigenvalue weighted by atomic mass is 19.2. The highest BCUT2D eigenvalue weighted by Crippen LogP contribution is 2.17. The van der Waals surface area contributed by atoms with Gasteiger partial charge in [-0.3, -0.25) is 0 Å². The van der Waals surface area contributed by atoms with E-state index in [4.69, 9.17) is 0 Å². The minimum atomic E-state index is -1.26. The van der Waals surface area contributed by atoms with Crippen LogP contribution in [0.1, 0.15) is 0 Å². The first-order valence-electron chi connectivity index (χ1n) is 3.59. The maximum Gasteiger partial charge on any atom is 0.161 e. The lowest BCUT2D eigenvalue weighted by molar-refractivity contribution is 0.493. The van der Waals surface area contributed by atoms with Gasteiger partial charge in [-0.2, -0.15) is 0 Å². The predicted octanol–water partition coefficient (Wildman–Crippen LogP) is 2.49. The van der Waals surface area contributed by atoms with Gasteiger partial charge < -0.3 is 5.32 Å². The summed E-state index contributed by atoms with van der Waals surface area (Å²) in [6.45, 7) is -0.847. The Hall–Kier alpha value is -1.26. The van der Waals surface area contributed by atoms with Gasteiger partial charge in [0.25, 0.3) is 0 Å². The number of hydrogen-bond acceptors (Lipinski definition) is 1. The molecule has 0 saturated heterocycles. The summed E-state index contributed by atoms with van der Waals surface area (Å²) in [6, 6.07) is 1.07. The SMILES string of the molecule is FCCNc1cc(F)c(F)cc1F. The van der Waals surface area contributed by atoms with Gasteiger partial charge in [0.05, 0.1) is 5.69 Å². The molecule has 1 N–H and O–H groups in total. The van der Waals surface area contributed by atoms with Crippen molar-refractivity contribution in [2.45, 2.75) is 0 Å². The topological polar surface area (TPSA) is 12.0 Å². The highest BCUT2D eigenvalue weighted by molar-refractivity contribution is 5.45. The normalized spacial score (nSPS) is 10.2. The van der Waals surface area contributed by atoms with Crippen LogP contribution in [0.15, 0.2) is 12.1 Å². The quantitative estimate of drug-likeness (QED) is 0.574. The summed E-state index contributed by atoms with van der Waals surface area (Å²) in [6.07, 6.45) is 0. The van der Waals surface area contributed by atoms with Crippen molar-refractivity contribution >= 4 is 5.69 Å². The molecule has 0 saturated carbocycles. The molecule has 72 valence electrons. The lowest BCUT2D eigenvalue weighted by Crippen LogP contribution is -2.05. The average molecular weight is 193 g/mol. The molecule has 0 spiro atoms. The standard InChI is InChI=1S/C8H7F4N/c9-1-2-13-8-4-6(11)5(10)3-7(8)12/h3-4,13H,1-2H2. The summed E-state index contributed by atoms with van der Waals surface area (Å²) in [5.74, 6) is -3.36. The van der Waals surface area contributed by atoms with Crippen LogP contribution in [-0.2, 0) is 0 Å². The first kappa shape index (κ1) is 9.83. The second-order valence-corrected chi connectivity index (χ2v) is 2.36. The summed E-state index contributed by atoms with van der Waals surface area (Å²) >= 11 is 0. The molecule has 0 atom stereocenters. The van der Waals surface area contributed by atoms with Crippen LogP contribution in [0.25, 0.3) is 0 Å². The van der Waals surface area contributed by atoms with Crippen LogP contribution in [0, 0.1) is 17.5 Å². The molecular formula is C8H7F4N. The fourth-order valence-corrected chi connectivity index (χ4v) is 0.840. The smallest absolute Gasteiger partial charge is 0.161 e. The molecule has 1 rings (SSSR count). The van der Waals surface area contributed by atoms with Gasteiger partial charge in [0, 0.05) is 18.7 Å². The first-order valence-corrected chi connectivity index (χ1v) is 3.59. The fraction of sp³-hybridized carbons (Fsp3) is 0.250. The van der Waals surface area contributed by atoms with Crippen molar-refractivity contribution < 1.29 is 17.6 Å². The lowest BCUT2D eigenvalue weighted by Gasteiger charge is -2.05. The molecule has 0 aromatic heterocycles. The van der Waals surface area contributed by atoms with E-state index in [9.17, 15) is 17.6 Å². The first-order chi connectivity index (χ1) is 6.15. The van der Waals surface area contributed by atoms with Gasteiger partial charge >= 0.3 is 0 Å². The molecule has 0 bridgehead atoms. The number of benzene rings is 1. The van der Waals surface area contributed by atoms with E-state index in [1.165, 1.54) is 0 Å². The molecule has 0 fully saturated rings. The third-order valence-corrected chi connectivity index (χ3v) is 1.42. The van der Waals surface area contributed by atoms with Crippen molar-refractivity contribution in [3.8, 4) is 0 Å². The number of hydrogen-bond donors (Lipinski definition) is 1. The molecule has 1 aromatic carbocycles. The van der Waals surface area contributed by atoms with Gasteiger partial charge in [-0.15, -0.1) is 0 Å². The molecule has 0 radical (unpaired) electrons. The summed E-state index contributed by atoms with van der Waals surface area (Å²) in [5.41, 5.74) is -0.239. The van der Waals surface area contributed by atoms with Crippen molar-refractivity contribution in [2.24, 2.45) is 0 Å². The largest absolute Gasteiger partial charge is 0.380 e.